The number of hydrogen-bond acceptors (Lipinski definition) is 6. The van der Waals surface area contributed by atoms with E-state index in [4.69, 9.17) is 37.7 Å². The smallest absolute Gasteiger partial charge is 0.266 e. The van der Waals surface area contributed by atoms with Crippen LogP contribution in [-0.2, 0) is 17.9 Å². The molecular formula is C23H17ClFNO4S2. The van der Waals surface area contributed by atoms with E-state index in [-0.39, 0.29) is 29.9 Å². The van der Waals surface area contributed by atoms with Gasteiger partial charge in [0.05, 0.1) is 29.8 Å². The van der Waals surface area contributed by atoms with Crippen molar-refractivity contribution in [3.05, 3.63) is 87.4 Å². The summed E-state index contributed by atoms with van der Waals surface area (Å²) in [5.74, 6) is 0.719. The van der Waals surface area contributed by atoms with E-state index >= 15 is 0 Å². The molecule has 1 amide bonds. The molecule has 1 saturated heterocycles. The fourth-order valence-corrected chi connectivity index (χ4v) is 4.60. The van der Waals surface area contributed by atoms with Gasteiger partial charge in [0.25, 0.3) is 5.91 Å². The van der Waals surface area contributed by atoms with E-state index in [1.54, 1.807) is 54.8 Å². The van der Waals surface area contributed by atoms with Crippen LogP contribution in [0, 0.1) is 5.82 Å². The summed E-state index contributed by atoms with van der Waals surface area (Å²) >= 11 is 13.0. The zero-order valence-electron chi connectivity index (χ0n) is 16.8. The minimum absolute atomic E-state index is 0.00641. The number of carbonyl (C=O) groups excluding carboxylic acids is 1. The van der Waals surface area contributed by atoms with Crippen molar-refractivity contribution in [1.82, 2.24) is 4.90 Å². The van der Waals surface area contributed by atoms with Crippen LogP contribution in [0.5, 0.6) is 11.5 Å². The number of carbonyl (C=O) groups is 1. The van der Waals surface area contributed by atoms with Crippen LogP contribution in [0.4, 0.5) is 4.39 Å². The molecule has 0 atom stereocenters. The van der Waals surface area contributed by atoms with Crippen molar-refractivity contribution in [2.75, 3.05) is 7.11 Å². The zero-order valence-corrected chi connectivity index (χ0v) is 19.2. The average Bonchev–Trinajstić information content (AvgIpc) is 3.38. The molecule has 164 valence electrons. The Labute approximate surface area is 198 Å². The topological polar surface area (TPSA) is 51.9 Å². The molecule has 0 spiro atoms. The number of ether oxygens (including phenoxy) is 2. The van der Waals surface area contributed by atoms with E-state index in [0.29, 0.717) is 37.6 Å². The lowest BCUT2D eigenvalue weighted by Gasteiger charge is -2.14. The lowest BCUT2D eigenvalue weighted by Crippen LogP contribution is -2.27. The van der Waals surface area contributed by atoms with Gasteiger partial charge >= 0.3 is 0 Å². The molecule has 2 aromatic carbocycles. The lowest BCUT2D eigenvalue weighted by molar-refractivity contribution is -0.122. The van der Waals surface area contributed by atoms with Crippen molar-refractivity contribution in [2.24, 2.45) is 0 Å². The van der Waals surface area contributed by atoms with Gasteiger partial charge in [-0.05, 0) is 42.0 Å². The van der Waals surface area contributed by atoms with Gasteiger partial charge in [0.2, 0.25) is 0 Å². The molecule has 32 heavy (non-hydrogen) atoms. The van der Waals surface area contributed by atoms with Crippen LogP contribution >= 0.6 is 35.6 Å². The quantitative estimate of drug-likeness (QED) is 0.297. The van der Waals surface area contributed by atoms with Crippen molar-refractivity contribution < 1.29 is 23.1 Å². The van der Waals surface area contributed by atoms with Gasteiger partial charge in [-0.15, -0.1) is 0 Å². The molecule has 4 rings (SSSR count). The monoisotopic (exact) mass is 489 g/mol. The summed E-state index contributed by atoms with van der Waals surface area (Å²) in [7, 11) is 1.48. The number of thioether (sulfide) groups is 1. The first-order valence-corrected chi connectivity index (χ1v) is 11.1. The molecule has 3 aromatic rings. The summed E-state index contributed by atoms with van der Waals surface area (Å²) in [6.07, 6.45) is 3.24. The first-order valence-electron chi connectivity index (χ1n) is 9.47. The standard InChI is InChI=1S/C23H17ClFNO4S2/c1-28-19-10-14(9-17(24)21(19)30-13-15-5-2-3-7-18(15)25)11-20-22(27)26(23(31)32-20)12-16-6-4-8-29-16/h2-11H,12-13H2,1H3/b20-11-. The third kappa shape index (κ3) is 4.82. The Morgan fingerprint density at radius 1 is 1.25 bits per heavy atom. The van der Waals surface area contributed by atoms with Gasteiger partial charge in [-0.25, -0.2) is 4.39 Å². The minimum atomic E-state index is -0.365. The largest absolute Gasteiger partial charge is 0.493 e. The van der Waals surface area contributed by atoms with Gasteiger partial charge in [-0.1, -0.05) is 53.8 Å². The van der Waals surface area contributed by atoms with Crippen molar-refractivity contribution in [3.63, 3.8) is 0 Å². The highest BCUT2D eigenvalue weighted by atomic mass is 35.5. The second-order valence-electron chi connectivity index (χ2n) is 6.76. The molecule has 1 aromatic heterocycles. The number of rotatable bonds is 7. The maximum Gasteiger partial charge on any atom is 0.266 e. The molecule has 0 bridgehead atoms. The number of halogens is 2. The second kappa shape index (κ2) is 9.77. The van der Waals surface area contributed by atoms with E-state index < -0.39 is 0 Å². The number of benzene rings is 2. The van der Waals surface area contributed by atoms with Crippen molar-refractivity contribution in [3.8, 4) is 11.5 Å². The van der Waals surface area contributed by atoms with E-state index in [1.165, 1.54) is 29.8 Å². The summed E-state index contributed by atoms with van der Waals surface area (Å²) < 4.78 is 30.8. The predicted octanol–water partition coefficient (Wildman–Crippen LogP) is 6.06. The summed E-state index contributed by atoms with van der Waals surface area (Å²) in [5.41, 5.74) is 1.04. The molecule has 1 aliphatic rings. The van der Waals surface area contributed by atoms with Crippen LogP contribution in [0.3, 0.4) is 0 Å². The van der Waals surface area contributed by atoms with Gasteiger partial charge in [0.1, 0.15) is 22.5 Å². The highest BCUT2D eigenvalue weighted by Crippen LogP contribution is 2.39. The van der Waals surface area contributed by atoms with Crippen LogP contribution in [0.1, 0.15) is 16.9 Å². The van der Waals surface area contributed by atoms with E-state index in [9.17, 15) is 9.18 Å². The summed E-state index contributed by atoms with van der Waals surface area (Å²) in [6, 6.07) is 13.2. The van der Waals surface area contributed by atoms with Crippen LogP contribution < -0.4 is 9.47 Å². The van der Waals surface area contributed by atoms with Gasteiger partial charge in [-0.3, -0.25) is 9.69 Å². The molecule has 0 aliphatic carbocycles. The summed E-state index contributed by atoms with van der Waals surface area (Å²) in [5, 5.41) is 0.276. The number of hydrogen-bond donors (Lipinski definition) is 0. The van der Waals surface area contributed by atoms with Crippen molar-refractivity contribution in [2.45, 2.75) is 13.2 Å². The molecule has 1 aliphatic heterocycles. The third-order valence-corrected chi connectivity index (χ3v) is 6.31. The summed E-state index contributed by atoms with van der Waals surface area (Å²) in [4.78, 5) is 14.8. The number of methoxy groups -OCH3 is 1. The van der Waals surface area contributed by atoms with Crippen molar-refractivity contribution >= 4 is 51.9 Å². The number of thiocarbonyl (C=S) groups is 1. The highest BCUT2D eigenvalue weighted by molar-refractivity contribution is 8.26. The number of amides is 1. The van der Waals surface area contributed by atoms with E-state index in [1.807, 2.05) is 0 Å². The van der Waals surface area contributed by atoms with E-state index in [0.717, 1.165) is 0 Å². The maximum absolute atomic E-state index is 13.9. The fourth-order valence-electron chi connectivity index (χ4n) is 3.07. The minimum Gasteiger partial charge on any atom is -0.493 e. The van der Waals surface area contributed by atoms with Gasteiger partial charge in [0, 0.05) is 5.56 Å². The molecule has 0 radical (unpaired) electrons. The molecule has 2 heterocycles. The molecule has 0 N–H and O–H groups in total. The van der Waals surface area contributed by atoms with Crippen LogP contribution in [0.15, 0.2) is 64.1 Å². The molecule has 0 saturated carbocycles. The normalized spacial score (nSPS) is 15.0. The Hall–Kier alpha value is -2.81. The first kappa shape index (κ1) is 22.4. The Kier molecular flexibility index (Phi) is 6.83. The van der Waals surface area contributed by atoms with Gasteiger partial charge in [-0.2, -0.15) is 0 Å². The summed E-state index contributed by atoms with van der Waals surface area (Å²) in [6.45, 7) is 0.259. The number of nitrogens with zero attached hydrogens (tertiary/aromatic N) is 1. The van der Waals surface area contributed by atoms with Crippen molar-refractivity contribution in [1.29, 1.82) is 0 Å². The molecule has 1 fully saturated rings. The predicted molar refractivity (Wildman–Crippen MR) is 126 cm³/mol. The molecule has 0 unspecified atom stereocenters. The molecule has 9 heteroatoms. The average molecular weight is 490 g/mol. The SMILES string of the molecule is COc1cc(/C=C2\SC(=S)N(Cc3ccco3)C2=O)cc(Cl)c1OCc1ccccc1F. The Morgan fingerprint density at radius 3 is 2.78 bits per heavy atom. The Morgan fingerprint density at radius 2 is 2.06 bits per heavy atom. The van der Waals surface area contributed by atoms with Crippen LogP contribution in [0.25, 0.3) is 6.08 Å². The Balaban J connectivity index is 1.55. The van der Waals surface area contributed by atoms with E-state index in [2.05, 4.69) is 0 Å². The van der Waals surface area contributed by atoms with Crippen LogP contribution in [-0.4, -0.2) is 22.2 Å². The highest BCUT2D eigenvalue weighted by Gasteiger charge is 2.32. The zero-order chi connectivity index (χ0) is 22.7. The maximum atomic E-state index is 13.9. The lowest BCUT2D eigenvalue weighted by atomic mass is 10.1. The van der Waals surface area contributed by atoms with Gasteiger partial charge < -0.3 is 13.9 Å². The van der Waals surface area contributed by atoms with Crippen LogP contribution in [0.2, 0.25) is 5.02 Å². The number of furan rings is 1. The Bertz CT molecular complexity index is 1200. The second-order valence-corrected chi connectivity index (χ2v) is 8.84. The fraction of sp³-hybridized carbons (Fsp3) is 0.130. The van der Waals surface area contributed by atoms with Gasteiger partial charge in [0.15, 0.2) is 11.5 Å². The molecular weight excluding hydrogens is 473 g/mol. The first-order chi connectivity index (χ1) is 15.5. The molecule has 5 nitrogen and oxygen atoms in total. The third-order valence-electron chi connectivity index (χ3n) is 4.65.